The van der Waals surface area contributed by atoms with E-state index < -0.39 is 0 Å². The Morgan fingerprint density at radius 3 is 2.69 bits per heavy atom. The third-order valence-electron chi connectivity index (χ3n) is 2.50. The molecule has 0 saturated carbocycles. The fourth-order valence-electron chi connectivity index (χ4n) is 1.74. The summed E-state index contributed by atoms with van der Waals surface area (Å²) in [6, 6.07) is 17.5. The van der Waals surface area contributed by atoms with Gasteiger partial charge in [0, 0.05) is 10.2 Å². The van der Waals surface area contributed by atoms with Crippen molar-refractivity contribution in [3.63, 3.8) is 0 Å². The lowest BCUT2D eigenvalue weighted by Gasteiger charge is -2.03. The molecule has 78 valence electrons. The molecule has 2 unspecified atom stereocenters. The van der Waals surface area contributed by atoms with Gasteiger partial charge in [0.2, 0.25) is 0 Å². The minimum Gasteiger partial charge on any atom is -0.126 e. The van der Waals surface area contributed by atoms with Crippen LogP contribution in [-0.2, 0) is 0 Å². The van der Waals surface area contributed by atoms with Crippen LogP contribution in [0.3, 0.4) is 0 Å². The molecule has 2 atom stereocenters. The largest absolute Gasteiger partial charge is 0.126 e. The van der Waals surface area contributed by atoms with Gasteiger partial charge >= 0.3 is 0 Å². The van der Waals surface area contributed by atoms with E-state index in [1.165, 1.54) is 18.8 Å². The van der Waals surface area contributed by atoms with Crippen molar-refractivity contribution < 1.29 is 0 Å². The van der Waals surface area contributed by atoms with E-state index in [0.29, 0.717) is 0 Å². The molecule has 0 radical (unpaired) electrons. The van der Waals surface area contributed by atoms with Crippen molar-refractivity contribution in [2.45, 2.75) is 0 Å². The van der Waals surface area contributed by atoms with Crippen LogP contribution in [0, 0.1) is 0 Å². The Labute approximate surface area is 100 Å². The van der Waals surface area contributed by atoms with E-state index in [0.717, 1.165) is 16.8 Å². The molecule has 0 saturated heterocycles. The first kappa shape index (κ1) is 10.5. The van der Waals surface area contributed by atoms with Crippen molar-refractivity contribution in [3.8, 4) is 0 Å². The summed E-state index contributed by atoms with van der Waals surface area (Å²) in [6.45, 7) is 0. The van der Waals surface area contributed by atoms with Gasteiger partial charge in [-0.15, -0.1) is 8.19 Å². The second-order valence-corrected chi connectivity index (χ2v) is 7.53. The standard InChI is InChI=1S/C13H11P3/c1-2-5-10(6-3-1)16-12-8-4-7-11-13(12)15-9-14-11/h1-9,14,16H. The zero-order valence-electron chi connectivity index (χ0n) is 8.64. The normalized spacial score (nSPS) is 12.5. The average Bonchev–Trinajstić information content (AvgIpc) is 2.80. The summed E-state index contributed by atoms with van der Waals surface area (Å²) in [6.07, 6.45) is 0. The average molecular weight is 260 g/mol. The predicted octanol–water partition coefficient (Wildman–Crippen LogP) is 4.08. The van der Waals surface area contributed by atoms with Gasteiger partial charge in [0.25, 0.3) is 0 Å². The highest BCUT2D eigenvalue weighted by molar-refractivity contribution is 7.61. The second kappa shape index (κ2) is 4.68. The molecule has 0 aliphatic carbocycles. The Morgan fingerprint density at radius 1 is 0.938 bits per heavy atom. The summed E-state index contributed by atoms with van der Waals surface area (Å²) in [7, 11) is 3.12. The maximum atomic E-state index is 2.38. The van der Waals surface area contributed by atoms with Crippen molar-refractivity contribution in [1.82, 2.24) is 0 Å². The van der Waals surface area contributed by atoms with Gasteiger partial charge in [-0.25, -0.2) is 0 Å². The van der Waals surface area contributed by atoms with Crippen LogP contribution < -0.4 is 10.6 Å². The van der Waals surface area contributed by atoms with Gasteiger partial charge in [-0.05, 0) is 16.1 Å². The van der Waals surface area contributed by atoms with Crippen molar-refractivity contribution in [3.05, 3.63) is 54.1 Å². The van der Waals surface area contributed by atoms with Gasteiger partial charge < -0.3 is 0 Å². The summed E-state index contributed by atoms with van der Waals surface area (Å²) < 4.78 is 0. The maximum absolute atomic E-state index is 2.38. The molecular weight excluding hydrogens is 249 g/mol. The van der Waals surface area contributed by atoms with E-state index in [1.807, 2.05) is 0 Å². The minimum absolute atomic E-state index is 0.796. The van der Waals surface area contributed by atoms with Crippen LogP contribution in [0.2, 0.25) is 0 Å². The molecule has 0 fully saturated rings. The molecule has 0 nitrogen and oxygen atoms in total. The van der Waals surface area contributed by atoms with Gasteiger partial charge in [-0.3, -0.25) is 0 Å². The van der Waals surface area contributed by atoms with Crippen molar-refractivity contribution in [1.29, 1.82) is 0 Å². The summed E-state index contributed by atoms with van der Waals surface area (Å²) in [5.74, 6) is 0. The van der Waals surface area contributed by atoms with Crippen molar-refractivity contribution in [2.75, 3.05) is 0 Å². The van der Waals surface area contributed by atoms with Gasteiger partial charge in [0.15, 0.2) is 0 Å². The highest BCUT2D eigenvalue weighted by atomic mass is 31.1. The van der Waals surface area contributed by atoms with E-state index in [4.69, 9.17) is 0 Å². The molecule has 3 heteroatoms. The quantitative estimate of drug-likeness (QED) is 0.609. The van der Waals surface area contributed by atoms with Gasteiger partial charge in [-0.1, -0.05) is 65.3 Å². The monoisotopic (exact) mass is 260 g/mol. The minimum atomic E-state index is 0.796. The van der Waals surface area contributed by atoms with Crippen LogP contribution in [0.25, 0.3) is 10.2 Å². The molecular formula is C13H11P3. The zero-order valence-corrected chi connectivity index (χ0v) is 11.5. The van der Waals surface area contributed by atoms with Crippen LogP contribution in [0.1, 0.15) is 0 Å². The highest BCUT2D eigenvalue weighted by Gasteiger charge is 2.02. The molecule has 0 N–H and O–H groups in total. The lowest BCUT2D eigenvalue weighted by molar-refractivity contribution is 1.78. The van der Waals surface area contributed by atoms with Crippen LogP contribution in [0.4, 0.5) is 0 Å². The lowest BCUT2D eigenvalue weighted by atomic mass is 10.4. The Balaban J connectivity index is 2.04. The first-order valence-electron chi connectivity index (χ1n) is 5.18. The number of rotatable bonds is 2. The number of benzene rings is 2. The fourth-order valence-corrected chi connectivity index (χ4v) is 5.94. The lowest BCUT2D eigenvalue weighted by Crippen LogP contribution is -2.02. The number of fused-ring (bicyclic) bond motifs is 1. The number of hydrogen-bond donors (Lipinski definition) is 0. The van der Waals surface area contributed by atoms with E-state index in [2.05, 4.69) is 54.1 Å². The van der Waals surface area contributed by atoms with E-state index in [-0.39, 0.29) is 0 Å². The summed E-state index contributed by atoms with van der Waals surface area (Å²) in [4.78, 5) is 0. The summed E-state index contributed by atoms with van der Waals surface area (Å²) in [5.41, 5.74) is 2.38. The number of hydrogen-bond acceptors (Lipinski definition) is 0. The molecule has 3 rings (SSSR count). The molecule has 0 aliphatic heterocycles. The third kappa shape index (κ3) is 2.07. The Kier molecular flexibility index (Phi) is 3.07. The second-order valence-electron chi connectivity index (χ2n) is 3.60. The molecule has 1 aromatic heterocycles. The van der Waals surface area contributed by atoms with E-state index >= 15 is 0 Å². The Morgan fingerprint density at radius 2 is 1.81 bits per heavy atom. The summed E-state index contributed by atoms with van der Waals surface area (Å²) in [5, 5.41) is 6.05. The first-order chi connectivity index (χ1) is 7.93. The Bertz CT molecular complexity index is 599. The van der Waals surface area contributed by atoms with E-state index in [1.54, 1.807) is 10.2 Å². The van der Waals surface area contributed by atoms with Crippen molar-refractivity contribution >= 4 is 45.8 Å². The first-order valence-corrected chi connectivity index (χ1v) is 8.22. The summed E-state index contributed by atoms with van der Waals surface area (Å²) >= 11 is 0. The molecule has 16 heavy (non-hydrogen) atoms. The molecule has 3 aromatic rings. The topological polar surface area (TPSA) is 0 Å². The third-order valence-corrected chi connectivity index (χ3v) is 6.73. The Hall–Kier alpha value is -0.660. The molecule has 0 spiro atoms. The van der Waals surface area contributed by atoms with Gasteiger partial charge in [0.1, 0.15) is 0 Å². The smallest absolute Gasteiger partial charge is 0.0208 e. The maximum Gasteiger partial charge on any atom is 0.0208 e. The molecule has 0 aliphatic rings. The molecule has 2 aromatic carbocycles. The molecule has 0 amide bonds. The highest BCUT2D eigenvalue weighted by Crippen LogP contribution is 2.34. The molecule has 1 heterocycles. The SMILES string of the molecule is c1ccc(Pc2cccc3[pH]cpc23)cc1. The van der Waals surface area contributed by atoms with Crippen LogP contribution >= 0.6 is 25.0 Å². The van der Waals surface area contributed by atoms with Crippen molar-refractivity contribution in [2.24, 2.45) is 0 Å². The predicted molar refractivity (Wildman–Crippen MR) is 80.0 cm³/mol. The zero-order chi connectivity index (χ0) is 10.8. The van der Waals surface area contributed by atoms with Crippen LogP contribution in [0.5, 0.6) is 0 Å². The fraction of sp³-hybridized carbons (Fsp3) is 0. The van der Waals surface area contributed by atoms with Crippen LogP contribution in [0.15, 0.2) is 54.1 Å². The van der Waals surface area contributed by atoms with E-state index in [9.17, 15) is 0 Å². The van der Waals surface area contributed by atoms with Gasteiger partial charge in [0.05, 0.1) is 0 Å². The van der Waals surface area contributed by atoms with Crippen LogP contribution in [-0.4, -0.2) is 0 Å². The molecule has 0 bridgehead atoms. The van der Waals surface area contributed by atoms with Gasteiger partial charge in [-0.2, -0.15) is 0 Å².